The molecule has 2 aromatic rings. The normalized spacial score (nSPS) is 20.6. The lowest BCUT2D eigenvalue weighted by Crippen LogP contribution is -2.49. The third-order valence-corrected chi connectivity index (χ3v) is 6.91. The summed E-state index contributed by atoms with van der Waals surface area (Å²) in [5.74, 6) is -1.05. The number of carbonyl (C=O) groups excluding carboxylic acids is 3. The number of anilines is 1. The van der Waals surface area contributed by atoms with Gasteiger partial charge in [-0.05, 0) is 55.5 Å². The van der Waals surface area contributed by atoms with Gasteiger partial charge < -0.3 is 15.1 Å². The van der Waals surface area contributed by atoms with Crippen LogP contribution in [0.1, 0.15) is 46.6 Å². The zero-order valence-electron chi connectivity index (χ0n) is 20.2. The Labute approximate surface area is 198 Å². The molecule has 4 rings (SSSR count). The number of piperazine rings is 1. The lowest BCUT2D eigenvalue weighted by molar-refractivity contribution is -0.125. The predicted molar refractivity (Wildman–Crippen MR) is 126 cm³/mol. The molecule has 3 heterocycles. The van der Waals surface area contributed by atoms with Gasteiger partial charge in [0, 0.05) is 31.9 Å². The summed E-state index contributed by atoms with van der Waals surface area (Å²) in [7, 11) is 0. The third kappa shape index (κ3) is 3.89. The highest BCUT2D eigenvalue weighted by Gasteiger charge is 2.50. The highest BCUT2D eigenvalue weighted by Crippen LogP contribution is 2.34. The second-order valence-corrected chi connectivity index (χ2v) is 9.38. The summed E-state index contributed by atoms with van der Waals surface area (Å²) in [6.07, 6.45) is 0. The van der Waals surface area contributed by atoms with Crippen molar-refractivity contribution in [2.24, 2.45) is 5.92 Å². The molecule has 0 radical (unpaired) electrons. The first kappa shape index (κ1) is 23.7. The summed E-state index contributed by atoms with van der Waals surface area (Å²) >= 11 is 0. The van der Waals surface area contributed by atoms with E-state index >= 15 is 4.39 Å². The molecule has 8 nitrogen and oxygen atoms in total. The predicted octanol–water partition coefficient (Wildman–Crippen LogP) is 2.80. The van der Waals surface area contributed by atoms with Crippen molar-refractivity contribution in [3.8, 4) is 0 Å². The molecule has 0 saturated carbocycles. The molecule has 9 heteroatoms. The SMILES string of the molecule is Cc1cc(C)c(N2CCN(C(=O)c3ccc(C4(C(C)C)NC(=O)NC4=O)cc3F)CC2)nc1C. The van der Waals surface area contributed by atoms with Crippen LogP contribution in [0.2, 0.25) is 0 Å². The number of aryl methyl sites for hydroxylation is 3. The van der Waals surface area contributed by atoms with E-state index < -0.39 is 29.2 Å². The standard InChI is InChI=1S/C25H30FN5O3/c1-14(2)25(23(33)28-24(34)29-25)18-6-7-19(20(26)13-18)22(32)31-10-8-30(9-11-31)21-16(4)12-15(3)17(5)27-21/h6-7,12-14H,8-11H2,1-5H3,(H2,28,29,33,34). The van der Waals surface area contributed by atoms with Crippen LogP contribution < -0.4 is 15.5 Å². The lowest BCUT2D eigenvalue weighted by atomic mass is 9.79. The van der Waals surface area contributed by atoms with Gasteiger partial charge in [-0.25, -0.2) is 14.2 Å². The number of aromatic nitrogens is 1. The van der Waals surface area contributed by atoms with Gasteiger partial charge in [-0.3, -0.25) is 14.9 Å². The van der Waals surface area contributed by atoms with Crippen LogP contribution in [-0.4, -0.2) is 53.9 Å². The summed E-state index contributed by atoms with van der Waals surface area (Å²) in [6.45, 7) is 11.7. The van der Waals surface area contributed by atoms with Gasteiger partial charge in [-0.1, -0.05) is 26.0 Å². The fourth-order valence-electron chi connectivity index (χ4n) is 4.79. The molecule has 1 aromatic heterocycles. The van der Waals surface area contributed by atoms with Gasteiger partial charge in [-0.15, -0.1) is 0 Å². The van der Waals surface area contributed by atoms with E-state index in [-0.39, 0.29) is 11.5 Å². The number of amides is 4. The van der Waals surface area contributed by atoms with Crippen LogP contribution in [0.25, 0.3) is 0 Å². The van der Waals surface area contributed by atoms with Gasteiger partial charge in [0.2, 0.25) is 0 Å². The maximum Gasteiger partial charge on any atom is 0.322 e. The van der Waals surface area contributed by atoms with Crippen LogP contribution in [0, 0.1) is 32.5 Å². The molecule has 180 valence electrons. The number of benzene rings is 1. The molecular formula is C25H30FN5O3. The first-order chi connectivity index (χ1) is 16.0. The molecule has 2 N–H and O–H groups in total. The number of carbonyl (C=O) groups is 3. The van der Waals surface area contributed by atoms with Crippen LogP contribution in [0.4, 0.5) is 15.0 Å². The quantitative estimate of drug-likeness (QED) is 0.675. The van der Waals surface area contributed by atoms with E-state index in [0.29, 0.717) is 31.7 Å². The minimum absolute atomic E-state index is 0.0543. The second kappa shape index (κ2) is 8.70. The van der Waals surface area contributed by atoms with E-state index in [1.54, 1.807) is 24.8 Å². The van der Waals surface area contributed by atoms with E-state index in [0.717, 1.165) is 22.6 Å². The van der Waals surface area contributed by atoms with Gasteiger partial charge in [0.05, 0.1) is 5.56 Å². The van der Waals surface area contributed by atoms with Crippen LogP contribution in [0.5, 0.6) is 0 Å². The Kier molecular flexibility index (Phi) is 6.05. The first-order valence-corrected chi connectivity index (χ1v) is 11.5. The molecule has 2 aliphatic heterocycles. The van der Waals surface area contributed by atoms with Crippen molar-refractivity contribution in [1.82, 2.24) is 20.5 Å². The van der Waals surface area contributed by atoms with Gasteiger partial charge in [-0.2, -0.15) is 0 Å². The van der Waals surface area contributed by atoms with Gasteiger partial charge >= 0.3 is 6.03 Å². The topological polar surface area (TPSA) is 94.6 Å². The minimum Gasteiger partial charge on any atom is -0.353 e. The van der Waals surface area contributed by atoms with E-state index in [1.165, 1.54) is 12.1 Å². The van der Waals surface area contributed by atoms with Crippen LogP contribution >= 0.6 is 0 Å². The van der Waals surface area contributed by atoms with E-state index in [1.807, 2.05) is 20.8 Å². The van der Waals surface area contributed by atoms with E-state index in [4.69, 9.17) is 4.98 Å². The Morgan fingerprint density at radius 3 is 2.29 bits per heavy atom. The van der Waals surface area contributed by atoms with Crippen LogP contribution in [0.15, 0.2) is 24.3 Å². The number of rotatable bonds is 4. The maximum absolute atomic E-state index is 15.1. The fourth-order valence-corrected chi connectivity index (χ4v) is 4.79. The van der Waals surface area contributed by atoms with Crippen molar-refractivity contribution in [2.75, 3.05) is 31.1 Å². The maximum atomic E-state index is 15.1. The molecule has 1 aromatic carbocycles. The average molecular weight is 468 g/mol. The number of hydrogen-bond acceptors (Lipinski definition) is 5. The molecule has 0 spiro atoms. The van der Waals surface area contributed by atoms with Crippen molar-refractivity contribution < 1.29 is 18.8 Å². The summed E-state index contributed by atoms with van der Waals surface area (Å²) < 4.78 is 15.1. The van der Waals surface area contributed by atoms with Crippen molar-refractivity contribution in [3.05, 3.63) is 58.0 Å². The van der Waals surface area contributed by atoms with Crippen molar-refractivity contribution in [2.45, 2.75) is 40.2 Å². The molecular weight excluding hydrogens is 437 g/mol. The van der Waals surface area contributed by atoms with Gasteiger partial charge in [0.1, 0.15) is 17.2 Å². The van der Waals surface area contributed by atoms with Crippen LogP contribution in [-0.2, 0) is 10.3 Å². The number of nitrogens with one attached hydrogen (secondary N) is 2. The highest BCUT2D eigenvalue weighted by atomic mass is 19.1. The van der Waals surface area contributed by atoms with Crippen molar-refractivity contribution >= 4 is 23.7 Å². The Morgan fingerprint density at radius 2 is 1.74 bits per heavy atom. The first-order valence-electron chi connectivity index (χ1n) is 11.5. The zero-order chi connectivity index (χ0) is 24.8. The monoisotopic (exact) mass is 467 g/mol. The van der Waals surface area contributed by atoms with Crippen molar-refractivity contribution in [3.63, 3.8) is 0 Å². The Hall–Kier alpha value is -3.49. The molecule has 1 unspecified atom stereocenters. The zero-order valence-corrected chi connectivity index (χ0v) is 20.2. The van der Waals surface area contributed by atoms with E-state index in [2.05, 4.69) is 21.6 Å². The summed E-state index contributed by atoms with van der Waals surface area (Å²) in [5.41, 5.74) is 2.09. The van der Waals surface area contributed by atoms with Crippen molar-refractivity contribution in [1.29, 1.82) is 0 Å². The Bertz CT molecular complexity index is 1170. The fraction of sp³-hybridized carbons (Fsp3) is 0.440. The largest absolute Gasteiger partial charge is 0.353 e. The van der Waals surface area contributed by atoms with Gasteiger partial charge in [0.15, 0.2) is 0 Å². The summed E-state index contributed by atoms with van der Waals surface area (Å²) in [5, 5.41) is 4.86. The molecule has 34 heavy (non-hydrogen) atoms. The third-order valence-electron chi connectivity index (χ3n) is 6.91. The number of urea groups is 1. The van der Waals surface area contributed by atoms with E-state index in [9.17, 15) is 14.4 Å². The summed E-state index contributed by atoms with van der Waals surface area (Å²) in [4.78, 5) is 45.9. The molecule has 2 fully saturated rings. The smallest absolute Gasteiger partial charge is 0.322 e. The Morgan fingerprint density at radius 1 is 1.06 bits per heavy atom. The molecule has 2 aliphatic rings. The lowest BCUT2D eigenvalue weighted by Gasteiger charge is -2.36. The molecule has 1 atom stereocenters. The van der Waals surface area contributed by atoms with Crippen LogP contribution in [0.3, 0.4) is 0 Å². The number of pyridine rings is 1. The molecule has 4 amide bonds. The second-order valence-electron chi connectivity index (χ2n) is 9.38. The Balaban J connectivity index is 1.51. The minimum atomic E-state index is -1.37. The summed E-state index contributed by atoms with van der Waals surface area (Å²) in [6, 6.07) is 5.61. The molecule has 0 aliphatic carbocycles. The number of imide groups is 1. The number of hydrogen-bond donors (Lipinski definition) is 2. The molecule has 0 bridgehead atoms. The van der Waals surface area contributed by atoms with Gasteiger partial charge in [0.25, 0.3) is 11.8 Å². The number of halogens is 1. The number of nitrogens with zero attached hydrogens (tertiary/aromatic N) is 3. The average Bonchev–Trinajstić information content (AvgIpc) is 3.10. The molecule has 2 saturated heterocycles. The highest BCUT2D eigenvalue weighted by molar-refractivity contribution is 6.07.